The summed E-state index contributed by atoms with van der Waals surface area (Å²) in [5.41, 5.74) is 2.32. The van der Waals surface area contributed by atoms with E-state index in [4.69, 9.17) is 27.9 Å². The van der Waals surface area contributed by atoms with Gasteiger partial charge in [-0.2, -0.15) is 0 Å². The third-order valence-corrected chi connectivity index (χ3v) is 3.94. The average Bonchev–Trinajstić information content (AvgIpc) is 2.62. The lowest BCUT2D eigenvalue weighted by molar-refractivity contribution is 0.102. The van der Waals surface area contributed by atoms with E-state index >= 15 is 0 Å². The zero-order valence-corrected chi connectivity index (χ0v) is 15.3. The first-order valence-electron chi connectivity index (χ1n) is 7.69. The maximum absolute atomic E-state index is 12.3. The molecule has 0 bridgehead atoms. The minimum atomic E-state index is -0.354. The Bertz CT molecular complexity index is 910. The van der Waals surface area contributed by atoms with Crippen molar-refractivity contribution in [3.63, 3.8) is 0 Å². The molecule has 0 atom stereocenters. The Morgan fingerprint density at radius 1 is 1.00 bits per heavy atom. The number of nitrogens with zero attached hydrogens (tertiary/aromatic N) is 1. The highest BCUT2D eigenvalue weighted by molar-refractivity contribution is 6.35. The molecular weight excluding hydrogens is 373 g/mol. The fourth-order valence-electron chi connectivity index (χ4n) is 2.33. The molecule has 0 saturated heterocycles. The minimum Gasteiger partial charge on any atom is -0.495 e. The number of carbonyl (C=O) groups is 1. The molecule has 0 aliphatic heterocycles. The van der Waals surface area contributed by atoms with E-state index in [1.54, 1.807) is 43.6 Å². The Kier molecular flexibility index (Phi) is 5.61. The zero-order chi connectivity index (χ0) is 18.5. The van der Waals surface area contributed by atoms with Gasteiger partial charge in [-0.3, -0.25) is 4.79 Å². The van der Waals surface area contributed by atoms with E-state index in [2.05, 4.69) is 15.6 Å². The fraction of sp³-hybridized carbons (Fsp3) is 0.0526. The molecule has 0 aliphatic carbocycles. The number of para-hydroxylation sites is 2. The minimum absolute atomic E-state index is 0.270. The Labute approximate surface area is 160 Å². The van der Waals surface area contributed by atoms with E-state index in [1.807, 2.05) is 24.3 Å². The summed E-state index contributed by atoms with van der Waals surface area (Å²) in [7, 11) is 1.61. The van der Waals surface area contributed by atoms with Crippen LogP contribution >= 0.6 is 23.2 Å². The largest absolute Gasteiger partial charge is 0.495 e. The number of benzene rings is 2. The summed E-state index contributed by atoms with van der Waals surface area (Å²) in [5, 5.41) is 6.80. The van der Waals surface area contributed by atoms with Crippen molar-refractivity contribution in [2.45, 2.75) is 0 Å². The van der Waals surface area contributed by atoms with Crippen LogP contribution in [0.3, 0.4) is 0 Å². The van der Waals surface area contributed by atoms with Crippen LogP contribution in [-0.4, -0.2) is 18.0 Å². The molecule has 0 unspecified atom stereocenters. The van der Waals surface area contributed by atoms with Gasteiger partial charge in [0.1, 0.15) is 11.4 Å². The predicted molar refractivity (Wildman–Crippen MR) is 105 cm³/mol. The van der Waals surface area contributed by atoms with Gasteiger partial charge in [-0.05, 0) is 42.5 Å². The van der Waals surface area contributed by atoms with E-state index in [0.717, 1.165) is 11.4 Å². The second-order valence-corrected chi connectivity index (χ2v) is 6.24. The molecule has 2 N–H and O–H groups in total. The van der Waals surface area contributed by atoms with E-state index in [0.29, 0.717) is 21.5 Å². The predicted octanol–water partition coefficient (Wildman–Crippen LogP) is 5.39. The lowest BCUT2D eigenvalue weighted by Gasteiger charge is -2.11. The molecule has 0 spiro atoms. The van der Waals surface area contributed by atoms with Gasteiger partial charge < -0.3 is 15.4 Å². The van der Waals surface area contributed by atoms with Crippen molar-refractivity contribution < 1.29 is 9.53 Å². The maximum atomic E-state index is 12.3. The molecule has 26 heavy (non-hydrogen) atoms. The molecule has 2 aromatic carbocycles. The number of amides is 1. The molecule has 0 saturated carbocycles. The highest BCUT2D eigenvalue weighted by Gasteiger charge is 2.09. The van der Waals surface area contributed by atoms with Crippen LogP contribution in [0.15, 0.2) is 60.8 Å². The van der Waals surface area contributed by atoms with Gasteiger partial charge in [-0.25, -0.2) is 4.98 Å². The van der Waals surface area contributed by atoms with Gasteiger partial charge in [0, 0.05) is 15.7 Å². The quantitative estimate of drug-likeness (QED) is 0.615. The average molecular weight is 388 g/mol. The number of aromatic nitrogens is 1. The summed E-state index contributed by atoms with van der Waals surface area (Å²) >= 11 is 11.9. The number of carbonyl (C=O) groups excluding carboxylic acids is 1. The van der Waals surface area contributed by atoms with Crippen LogP contribution in [0.1, 0.15) is 10.5 Å². The van der Waals surface area contributed by atoms with Crippen molar-refractivity contribution >= 4 is 46.2 Å². The highest BCUT2D eigenvalue weighted by atomic mass is 35.5. The van der Waals surface area contributed by atoms with Gasteiger partial charge in [-0.15, -0.1) is 0 Å². The number of anilines is 3. The van der Waals surface area contributed by atoms with Crippen molar-refractivity contribution in [2.24, 2.45) is 0 Å². The van der Waals surface area contributed by atoms with E-state index < -0.39 is 0 Å². The van der Waals surface area contributed by atoms with E-state index in [9.17, 15) is 4.79 Å². The maximum Gasteiger partial charge on any atom is 0.274 e. The Morgan fingerprint density at radius 3 is 2.38 bits per heavy atom. The Balaban J connectivity index is 1.71. The molecule has 7 heteroatoms. The Hall–Kier alpha value is -2.76. The normalized spacial score (nSPS) is 10.3. The number of pyridine rings is 1. The summed E-state index contributed by atoms with van der Waals surface area (Å²) < 4.78 is 5.30. The van der Waals surface area contributed by atoms with Crippen LogP contribution in [0.4, 0.5) is 17.1 Å². The van der Waals surface area contributed by atoms with Crippen LogP contribution in [0.2, 0.25) is 10.0 Å². The number of rotatable bonds is 5. The number of halogens is 2. The summed E-state index contributed by atoms with van der Waals surface area (Å²) in [6, 6.07) is 15.7. The molecule has 0 fully saturated rings. The third-order valence-electron chi connectivity index (χ3n) is 3.50. The number of methoxy groups -OCH3 is 1. The van der Waals surface area contributed by atoms with Crippen molar-refractivity contribution in [1.82, 2.24) is 4.98 Å². The van der Waals surface area contributed by atoms with Gasteiger partial charge in [-0.1, -0.05) is 35.3 Å². The smallest absolute Gasteiger partial charge is 0.274 e. The summed E-state index contributed by atoms with van der Waals surface area (Å²) in [6.07, 6.45) is 1.58. The summed E-state index contributed by atoms with van der Waals surface area (Å²) in [4.78, 5) is 16.5. The zero-order valence-electron chi connectivity index (χ0n) is 13.8. The van der Waals surface area contributed by atoms with E-state index in [1.165, 1.54) is 0 Å². The SMILES string of the molecule is COc1ccccc1Nc1ccc(C(=O)Nc2cc(Cl)cc(Cl)c2)nc1. The monoisotopic (exact) mass is 387 g/mol. The van der Waals surface area contributed by atoms with Gasteiger partial charge in [0.25, 0.3) is 5.91 Å². The van der Waals surface area contributed by atoms with Crippen LogP contribution in [0.25, 0.3) is 0 Å². The topological polar surface area (TPSA) is 63.2 Å². The van der Waals surface area contributed by atoms with Gasteiger partial charge in [0.15, 0.2) is 0 Å². The number of nitrogens with one attached hydrogen (secondary N) is 2. The van der Waals surface area contributed by atoms with Gasteiger partial charge in [0.2, 0.25) is 0 Å². The number of hydrogen-bond acceptors (Lipinski definition) is 4. The summed E-state index contributed by atoms with van der Waals surface area (Å²) in [6.45, 7) is 0. The first-order chi connectivity index (χ1) is 12.5. The van der Waals surface area contributed by atoms with Crippen LogP contribution in [0, 0.1) is 0 Å². The molecule has 5 nitrogen and oxygen atoms in total. The van der Waals surface area contributed by atoms with Gasteiger partial charge in [0.05, 0.1) is 24.7 Å². The summed E-state index contributed by atoms with van der Waals surface area (Å²) in [5.74, 6) is 0.360. The first kappa shape index (κ1) is 18.0. The molecule has 3 rings (SSSR count). The molecule has 0 aliphatic rings. The second-order valence-electron chi connectivity index (χ2n) is 5.37. The van der Waals surface area contributed by atoms with Crippen molar-refractivity contribution in [3.05, 3.63) is 76.5 Å². The fourth-order valence-corrected chi connectivity index (χ4v) is 2.85. The van der Waals surface area contributed by atoms with Crippen molar-refractivity contribution in [2.75, 3.05) is 17.7 Å². The van der Waals surface area contributed by atoms with Crippen LogP contribution in [-0.2, 0) is 0 Å². The molecule has 1 amide bonds. The molecule has 3 aromatic rings. The number of hydrogen-bond donors (Lipinski definition) is 2. The molecular formula is C19H15Cl2N3O2. The van der Waals surface area contributed by atoms with Crippen molar-refractivity contribution in [3.8, 4) is 5.75 Å². The van der Waals surface area contributed by atoms with Crippen molar-refractivity contribution in [1.29, 1.82) is 0 Å². The molecule has 0 radical (unpaired) electrons. The number of ether oxygens (including phenoxy) is 1. The molecule has 1 heterocycles. The molecule has 132 valence electrons. The second kappa shape index (κ2) is 8.08. The lowest BCUT2D eigenvalue weighted by Crippen LogP contribution is -2.13. The van der Waals surface area contributed by atoms with Crippen LogP contribution < -0.4 is 15.4 Å². The highest BCUT2D eigenvalue weighted by Crippen LogP contribution is 2.27. The lowest BCUT2D eigenvalue weighted by atomic mass is 10.2. The standard InChI is InChI=1S/C19H15Cl2N3O2/c1-26-18-5-3-2-4-16(18)23-14-6-7-17(22-11-14)19(25)24-15-9-12(20)8-13(21)10-15/h2-11,23H,1H3,(H,24,25). The van der Waals surface area contributed by atoms with E-state index in [-0.39, 0.29) is 11.6 Å². The third kappa shape index (κ3) is 4.45. The Morgan fingerprint density at radius 2 is 1.73 bits per heavy atom. The van der Waals surface area contributed by atoms with Crippen LogP contribution in [0.5, 0.6) is 5.75 Å². The van der Waals surface area contributed by atoms with Gasteiger partial charge >= 0.3 is 0 Å². The first-order valence-corrected chi connectivity index (χ1v) is 8.44. The molecule has 1 aromatic heterocycles.